The molecule has 1 saturated heterocycles. The van der Waals surface area contributed by atoms with Gasteiger partial charge in [0.2, 0.25) is 0 Å². The van der Waals surface area contributed by atoms with Crippen LogP contribution in [0, 0.1) is 0 Å². The van der Waals surface area contributed by atoms with Gasteiger partial charge in [0.25, 0.3) is 0 Å². The predicted molar refractivity (Wildman–Crippen MR) is 131 cm³/mol. The molecule has 0 radical (unpaired) electrons. The summed E-state index contributed by atoms with van der Waals surface area (Å²) in [6, 6.07) is -0.114. The standard InChI is InChI=1S/C23H49NO4Si2/c1-21(2,3)27-20(25)24-16-14-15-19(28-30(12,13)23(7,8)9)18(24)17-26-29(10,11)22(4,5)6/h18-19H,14-17H2,1-13H3/t18-,19+/m0/s1. The largest absolute Gasteiger partial charge is 0.444 e. The molecule has 1 fully saturated rings. The van der Waals surface area contributed by atoms with Gasteiger partial charge in [0.15, 0.2) is 16.6 Å². The molecule has 0 spiro atoms. The van der Waals surface area contributed by atoms with Crippen molar-refractivity contribution in [1.82, 2.24) is 4.90 Å². The Balaban J connectivity index is 3.17. The van der Waals surface area contributed by atoms with E-state index in [1.54, 1.807) is 0 Å². The first kappa shape index (κ1) is 27.7. The first-order chi connectivity index (χ1) is 13.2. The molecule has 1 amide bonds. The fraction of sp³-hybridized carbons (Fsp3) is 0.957. The van der Waals surface area contributed by atoms with Gasteiger partial charge in [-0.05, 0) is 69.9 Å². The van der Waals surface area contributed by atoms with Crippen molar-refractivity contribution in [1.29, 1.82) is 0 Å². The van der Waals surface area contributed by atoms with E-state index in [0.717, 1.165) is 12.8 Å². The average Bonchev–Trinajstić information content (AvgIpc) is 2.49. The molecule has 1 heterocycles. The van der Waals surface area contributed by atoms with Crippen molar-refractivity contribution in [2.75, 3.05) is 13.2 Å². The van der Waals surface area contributed by atoms with Gasteiger partial charge in [0.05, 0.1) is 18.8 Å². The van der Waals surface area contributed by atoms with Gasteiger partial charge in [-0.1, -0.05) is 41.5 Å². The van der Waals surface area contributed by atoms with Gasteiger partial charge in [0.1, 0.15) is 5.60 Å². The molecule has 1 aliphatic heterocycles. The number of nitrogens with zero attached hydrogens (tertiary/aromatic N) is 1. The molecule has 0 bridgehead atoms. The topological polar surface area (TPSA) is 48.0 Å². The van der Waals surface area contributed by atoms with Gasteiger partial charge in [-0.3, -0.25) is 0 Å². The van der Waals surface area contributed by atoms with E-state index in [1.807, 2.05) is 25.7 Å². The lowest BCUT2D eigenvalue weighted by Crippen LogP contribution is -2.59. The monoisotopic (exact) mass is 459 g/mol. The Labute approximate surface area is 188 Å². The van der Waals surface area contributed by atoms with Crippen molar-refractivity contribution in [3.05, 3.63) is 0 Å². The molecule has 0 aliphatic carbocycles. The summed E-state index contributed by atoms with van der Waals surface area (Å²) in [5.74, 6) is 0. The summed E-state index contributed by atoms with van der Waals surface area (Å²) >= 11 is 0. The molecule has 0 unspecified atom stereocenters. The lowest BCUT2D eigenvalue weighted by molar-refractivity contribution is -0.0317. The lowest BCUT2D eigenvalue weighted by Gasteiger charge is -2.47. The molecule has 7 heteroatoms. The lowest BCUT2D eigenvalue weighted by atomic mass is 10.00. The zero-order chi connectivity index (χ0) is 23.8. The van der Waals surface area contributed by atoms with Crippen molar-refractivity contribution < 1.29 is 18.4 Å². The van der Waals surface area contributed by atoms with E-state index >= 15 is 0 Å². The second kappa shape index (κ2) is 9.24. The molecular weight excluding hydrogens is 410 g/mol. The summed E-state index contributed by atoms with van der Waals surface area (Å²) in [6.45, 7) is 29.6. The van der Waals surface area contributed by atoms with E-state index < -0.39 is 22.2 Å². The van der Waals surface area contributed by atoms with Crippen LogP contribution in [0.25, 0.3) is 0 Å². The third-order valence-corrected chi connectivity index (χ3v) is 16.0. The zero-order valence-electron chi connectivity index (χ0n) is 22.1. The van der Waals surface area contributed by atoms with Gasteiger partial charge < -0.3 is 18.5 Å². The number of carbonyl (C=O) groups is 1. The first-order valence-corrected chi connectivity index (χ1v) is 17.3. The summed E-state index contributed by atoms with van der Waals surface area (Å²) in [4.78, 5) is 14.9. The Morgan fingerprint density at radius 1 is 0.900 bits per heavy atom. The highest BCUT2D eigenvalue weighted by Crippen LogP contribution is 2.40. The number of ether oxygens (including phenoxy) is 1. The van der Waals surface area contributed by atoms with E-state index in [0.29, 0.717) is 13.2 Å². The van der Waals surface area contributed by atoms with Crippen molar-refractivity contribution in [3.8, 4) is 0 Å². The molecule has 30 heavy (non-hydrogen) atoms. The van der Waals surface area contributed by atoms with Crippen LogP contribution in [0.5, 0.6) is 0 Å². The van der Waals surface area contributed by atoms with Crippen molar-refractivity contribution >= 4 is 22.7 Å². The van der Waals surface area contributed by atoms with Crippen LogP contribution in [0.1, 0.15) is 75.2 Å². The molecule has 5 nitrogen and oxygen atoms in total. The molecule has 1 rings (SSSR count). The Morgan fingerprint density at radius 3 is 1.83 bits per heavy atom. The van der Waals surface area contributed by atoms with Crippen LogP contribution in [0.2, 0.25) is 36.3 Å². The molecule has 178 valence electrons. The second-order valence-corrected chi connectivity index (χ2v) is 22.4. The highest BCUT2D eigenvalue weighted by atomic mass is 28.4. The van der Waals surface area contributed by atoms with Crippen LogP contribution < -0.4 is 0 Å². The highest BCUT2D eigenvalue weighted by Gasteiger charge is 2.46. The van der Waals surface area contributed by atoms with E-state index in [2.05, 4.69) is 67.7 Å². The smallest absolute Gasteiger partial charge is 0.410 e. The van der Waals surface area contributed by atoms with Crippen molar-refractivity contribution in [2.45, 2.75) is 129 Å². The quantitative estimate of drug-likeness (QED) is 0.424. The Hall–Kier alpha value is -0.376. The number of rotatable bonds is 5. The van der Waals surface area contributed by atoms with Crippen molar-refractivity contribution in [2.24, 2.45) is 0 Å². The van der Waals surface area contributed by atoms with E-state index in [4.69, 9.17) is 13.6 Å². The number of hydrogen-bond donors (Lipinski definition) is 0. The summed E-state index contributed by atoms with van der Waals surface area (Å²) in [5.41, 5.74) is -0.519. The molecule has 0 aromatic heterocycles. The molecule has 0 saturated carbocycles. The third kappa shape index (κ3) is 7.35. The molecule has 0 aromatic rings. The van der Waals surface area contributed by atoms with Gasteiger partial charge in [0, 0.05) is 6.54 Å². The molecule has 0 N–H and O–H groups in total. The molecule has 1 aliphatic rings. The summed E-state index contributed by atoms with van der Waals surface area (Å²) in [6.07, 6.45) is 1.61. The number of piperidine rings is 1. The van der Waals surface area contributed by atoms with Crippen LogP contribution in [-0.4, -0.2) is 58.5 Å². The van der Waals surface area contributed by atoms with Crippen LogP contribution in [-0.2, 0) is 13.6 Å². The maximum absolute atomic E-state index is 13.1. The minimum atomic E-state index is -1.98. The highest BCUT2D eigenvalue weighted by molar-refractivity contribution is 6.74. The van der Waals surface area contributed by atoms with Crippen molar-refractivity contribution in [3.63, 3.8) is 0 Å². The number of hydrogen-bond acceptors (Lipinski definition) is 4. The first-order valence-electron chi connectivity index (χ1n) is 11.5. The van der Waals surface area contributed by atoms with Gasteiger partial charge >= 0.3 is 6.09 Å². The summed E-state index contributed by atoms with van der Waals surface area (Å²) < 4.78 is 19.2. The number of likely N-dealkylation sites (tertiary alicyclic amines) is 1. The number of amides is 1. The van der Waals surface area contributed by atoms with E-state index in [-0.39, 0.29) is 28.3 Å². The predicted octanol–water partition coefficient (Wildman–Crippen LogP) is 6.80. The molecule has 2 atom stereocenters. The average molecular weight is 460 g/mol. The second-order valence-electron chi connectivity index (χ2n) is 12.9. The Kier molecular flexibility index (Phi) is 8.52. The summed E-state index contributed by atoms with van der Waals surface area (Å²) in [7, 11) is -3.93. The normalized spacial score (nSPS) is 22.2. The van der Waals surface area contributed by atoms with Crippen LogP contribution in [0.15, 0.2) is 0 Å². The van der Waals surface area contributed by atoms with E-state index in [1.165, 1.54) is 0 Å². The fourth-order valence-electron chi connectivity index (χ4n) is 2.97. The van der Waals surface area contributed by atoms with E-state index in [9.17, 15) is 4.79 Å². The number of carbonyl (C=O) groups excluding carboxylic acids is 1. The fourth-order valence-corrected chi connectivity index (χ4v) is 5.37. The van der Waals surface area contributed by atoms with Gasteiger partial charge in [-0.15, -0.1) is 0 Å². The zero-order valence-corrected chi connectivity index (χ0v) is 24.1. The van der Waals surface area contributed by atoms with Crippen LogP contribution in [0.4, 0.5) is 4.79 Å². The Morgan fingerprint density at radius 2 is 1.40 bits per heavy atom. The molecule has 0 aromatic carbocycles. The van der Waals surface area contributed by atoms with Gasteiger partial charge in [-0.25, -0.2) is 4.79 Å². The minimum absolute atomic E-state index is 0.0167. The maximum Gasteiger partial charge on any atom is 0.410 e. The van der Waals surface area contributed by atoms with Crippen LogP contribution in [0.3, 0.4) is 0 Å². The van der Waals surface area contributed by atoms with Crippen LogP contribution >= 0.6 is 0 Å². The summed E-state index contributed by atoms with van der Waals surface area (Å²) in [5, 5.41) is 0.236. The van der Waals surface area contributed by atoms with Gasteiger partial charge in [-0.2, -0.15) is 0 Å². The molecular formula is C23H49NO4Si2. The Bertz CT molecular complexity index is 585. The maximum atomic E-state index is 13.1. The SMILES string of the molecule is CC(C)(C)OC(=O)N1CCC[C@@H](O[Si](C)(C)C(C)(C)C)[C@@H]1CO[Si](C)(C)C(C)(C)C. The third-order valence-electron chi connectivity index (χ3n) is 7.02. The minimum Gasteiger partial charge on any atom is -0.444 e.